The van der Waals surface area contributed by atoms with E-state index in [1.54, 1.807) is 0 Å². The minimum absolute atomic E-state index is 0.148. The van der Waals surface area contributed by atoms with E-state index in [9.17, 15) is 8.42 Å². The van der Waals surface area contributed by atoms with Gasteiger partial charge >= 0.3 is 0 Å². The number of nitrogens with zero attached hydrogens (tertiary/aromatic N) is 2. The van der Waals surface area contributed by atoms with E-state index in [4.69, 9.17) is 0 Å². The number of hydrogen-bond donors (Lipinski definition) is 0. The van der Waals surface area contributed by atoms with Crippen molar-refractivity contribution in [1.29, 1.82) is 0 Å². The summed E-state index contributed by atoms with van der Waals surface area (Å²) in [4.78, 5) is 7.27. The molecule has 0 saturated carbocycles. The topological polar surface area (TPSA) is 59.9 Å². The smallest absolute Gasteiger partial charge is 0.178 e. The molecule has 0 aliphatic rings. The van der Waals surface area contributed by atoms with Crippen molar-refractivity contribution in [2.45, 2.75) is 18.7 Å². The number of rotatable bonds is 1. The molecule has 0 aliphatic carbocycles. The molecule has 0 unspecified atom stereocenters. The molecule has 12 heavy (non-hydrogen) atoms. The average Bonchev–Trinajstić information content (AvgIpc) is 2.08. The molecule has 0 spiro atoms. The molecule has 5 heteroatoms. The summed E-state index contributed by atoms with van der Waals surface area (Å²) in [5.74, 6) is 0. The van der Waals surface area contributed by atoms with Crippen LogP contribution in [0.2, 0.25) is 0 Å². The average molecular weight is 188 g/mol. The predicted octanol–water partition coefficient (Wildman–Crippen LogP) is 0.906. The second kappa shape index (κ2) is 4.82. The highest BCUT2D eigenvalue weighted by Crippen LogP contribution is 2.01. The summed E-state index contributed by atoms with van der Waals surface area (Å²) < 4.78 is 21.5. The molecule has 0 aliphatic heterocycles. The Balaban J connectivity index is 0.000000561. The third kappa shape index (κ3) is 3.43. The lowest BCUT2D eigenvalue weighted by Crippen LogP contribution is -1.97. The molecule has 4 nitrogen and oxygen atoms in total. The van der Waals surface area contributed by atoms with Gasteiger partial charge in [0.1, 0.15) is 11.2 Å². The fraction of sp³-hybridized carbons (Fsp3) is 0.429. The van der Waals surface area contributed by atoms with Crippen molar-refractivity contribution in [1.82, 2.24) is 9.97 Å². The summed E-state index contributed by atoms with van der Waals surface area (Å²) in [6.07, 6.45) is 4.94. The summed E-state index contributed by atoms with van der Waals surface area (Å²) in [5.41, 5.74) is 0. The van der Waals surface area contributed by atoms with Crippen molar-refractivity contribution in [3.8, 4) is 0 Å². The third-order valence-electron chi connectivity index (χ3n) is 0.965. The number of aromatic nitrogens is 2. The minimum Gasteiger partial charge on any atom is -0.243 e. The van der Waals surface area contributed by atoms with Crippen molar-refractivity contribution >= 4 is 9.84 Å². The molecule has 0 fully saturated rings. The predicted molar refractivity (Wildman–Crippen MR) is 46.5 cm³/mol. The molecule has 1 aromatic rings. The summed E-state index contributed by atoms with van der Waals surface area (Å²) in [6, 6.07) is 0. The molecule has 0 atom stereocenters. The zero-order valence-corrected chi connectivity index (χ0v) is 8.17. The van der Waals surface area contributed by atoms with Crippen molar-refractivity contribution in [2.24, 2.45) is 0 Å². The monoisotopic (exact) mass is 188 g/mol. The Morgan fingerprint density at radius 2 is 1.58 bits per heavy atom. The van der Waals surface area contributed by atoms with Gasteiger partial charge in [0.05, 0.1) is 0 Å². The molecule has 0 aromatic carbocycles. The van der Waals surface area contributed by atoms with Crippen LogP contribution in [0.15, 0.2) is 23.6 Å². The van der Waals surface area contributed by atoms with Crippen LogP contribution in [0.25, 0.3) is 0 Å². The molecule has 0 amide bonds. The minimum atomic E-state index is -3.13. The van der Waals surface area contributed by atoms with Gasteiger partial charge in [0.15, 0.2) is 9.84 Å². The summed E-state index contributed by atoms with van der Waals surface area (Å²) in [6.45, 7) is 4.00. The van der Waals surface area contributed by atoms with Gasteiger partial charge in [-0.1, -0.05) is 13.8 Å². The molecule has 1 heterocycles. The van der Waals surface area contributed by atoms with Crippen LogP contribution in [0, 0.1) is 0 Å². The second-order valence-corrected chi connectivity index (χ2v) is 3.86. The third-order valence-corrected chi connectivity index (χ3v) is 2.03. The van der Waals surface area contributed by atoms with E-state index in [1.807, 2.05) is 13.8 Å². The lowest BCUT2D eigenvalue weighted by atomic mass is 10.7. The maximum absolute atomic E-state index is 10.8. The molecule has 0 bridgehead atoms. The Morgan fingerprint density at radius 1 is 1.17 bits per heavy atom. The van der Waals surface area contributed by atoms with Crippen LogP contribution >= 0.6 is 0 Å². The Bertz CT molecular complexity index is 307. The van der Waals surface area contributed by atoms with Crippen LogP contribution in [-0.2, 0) is 9.84 Å². The van der Waals surface area contributed by atoms with Gasteiger partial charge in [-0.25, -0.2) is 18.4 Å². The van der Waals surface area contributed by atoms with Crippen LogP contribution in [0.3, 0.4) is 0 Å². The maximum Gasteiger partial charge on any atom is 0.178 e. The van der Waals surface area contributed by atoms with Crippen LogP contribution in [0.1, 0.15) is 13.8 Å². The fourth-order valence-corrected chi connectivity index (χ4v) is 0.982. The van der Waals surface area contributed by atoms with Gasteiger partial charge < -0.3 is 0 Å². The van der Waals surface area contributed by atoms with Crippen molar-refractivity contribution in [3.63, 3.8) is 0 Å². The van der Waals surface area contributed by atoms with E-state index in [2.05, 4.69) is 9.97 Å². The molecular weight excluding hydrogens is 176 g/mol. The van der Waals surface area contributed by atoms with Crippen LogP contribution in [0.4, 0.5) is 0 Å². The number of hydrogen-bond acceptors (Lipinski definition) is 4. The van der Waals surface area contributed by atoms with Gasteiger partial charge in [-0.2, -0.15) is 0 Å². The van der Waals surface area contributed by atoms with E-state index in [0.29, 0.717) is 0 Å². The van der Waals surface area contributed by atoms with Crippen LogP contribution < -0.4 is 0 Å². The van der Waals surface area contributed by atoms with E-state index in [-0.39, 0.29) is 4.90 Å². The molecular formula is C7H12N2O2S. The molecule has 0 N–H and O–H groups in total. The van der Waals surface area contributed by atoms with E-state index in [1.165, 1.54) is 18.7 Å². The Kier molecular flexibility index (Phi) is 4.43. The SMILES string of the molecule is CC.CS(=O)(=O)c1cncnc1. The van der Waals surface area contributed by atoms with Gasteiger partial charge in [-0.3, -0.25) is 0 Å². The van der Waals surface area contributed by atoms with Gasteiger partial charge in [0.25, 0.3) is 0 Å². The van der Waals surface area contributed by atoms with Gasteiger partial charge in [-0.15, -0.1) is 0 Å². The summed E-state index contributed by atoms with van der Waals surface area (Å²) in [5, 5.41) is 0. The van der Waals surface area contributed by atoms with E-state index >= 15 is 0 Å². The zero-order chi connectivity index (χ0) is 9.61. The summed E-state index contributed by atoms with van der Waals surface area (Å²) >= 11 is 0. The van der Waals surface area contributed by atoms with Crippen molar-refractivity contribution in [2.75, 3.05) is 6.26 Å². The van der Waals surface area contributed by atoms with Crippen LogP contribution in [-0.4, -0.2) is 24.6 Å². The van der Waals surface area contributed by atoms with E-state index < -0.39 is 9.84 Å². The number of sulfone groups is 1. The molecule has 1 rings (SSSR count). The largest absolute Gasteiger partial charge is 0.243 e. The van der Waals surface area contributed by atoms with Crippen molar-refractivity contribution < 1.29 is 8.42 Å². The first-order valence-corrected chi connectivity index (χ1v) is 5.45. The van der Waals surface area contributed by atoms with Crippen molar-refractivity contribution in [3.05, 3.63) is 18.7 Å². The molecule has 1 aromatic heterocycles. The highest BCUT2D eigenvalue weighted by atomic mass is 32.2. The zero-order valence-electron chi connectivity index (χ0n) is 7.35. The highest BCUT2D eigenvalue weighted by Gasteiger charge is 2.04. The normalized spacial score (nSPS) is 9.92. The van der Waals surface area contributed by atoms with Gasteiger partial charge in [0, 0.05) is 18.6 Å². The first kappa shape index (κ1) is 11.0. The Morgan fingerprint density at radius 3 is 1.83 bits per heavy atom. The lowest BCUT2D eigenvalue weighted by molar-refractivity contribution is 0.601. The Labute approximate surface area is 72.6 Å². The molecule has 0 saturated heterocycles. The van der Waals surface area contributed by atoms with Gasteiger partial charge in [-0.05, 0) is 0 Å². The van der Waals surface area contributed by atoms with E-state index in [0.717, 1.165) is 6.26 Å². The first-order chi connectivity index (χ1) is 5.61. The maximum atomic E-state index is 10.8. The fourth-order valence-electron chi connectivity index (χ4n) is 0.477. The quantitative estimate of drug-likeness (QED) is 0.657. The second-order valence-electron chi connectivity index (χ2n) is 1.85. The summed E-state index contributed by atoms with van der Waals surface area (Å²) in [7, 11) is -3.13. The van der Waals surface area contributed by atoms with Crippen LogP contribution in [0.5, 0.6) is 0 Å². The molecule has 68 valence electrons. The first-order valence-electron chi connectivity index (χ1n) is 3.56. The van der Waals surface area contributed by atoms with Gasteiger partial charge in [0.2, 0.25) is 0 Å². The molecule has 0 radical (unpaired) electrons. The standard InChI is InChI=1S/C5H6N2O2S.C2H6/c1-10(8,9)5-2-6-4-7-3-5;1-2/h2-4H,1H3;1-2H3. The highest BCUT2D eigenvalue weighted by molar-refractivity contribution is 7.90. The lowest BCUT2D eigenvalue weighted by Gasteiger charge is -1.92. The Hall–Kier alpha value is -0.970.